The van der Waals surface area contributed by atoms with Gasteiger partial charge in [-0.1, -0.05) is 30.7 Å². The average Bonchev–Trinajstić information content (AvgIpc) is 3.46. The number of Topliss-reactive ketones (excluding diaryl/α,β-unsaturated/α-hetero) is 1. The van der Waals surface area contributed by atoms with Crippen molar-refractivity contribution in [3.63, 3.8) is 0 Å². The summed E-state index contributed by atoms with van der Waals surface area (Å²) in [4.78, 5) is 31.5. The number of hydrogen-bond donors (Lipinski definition) is 1. The number of carbonyl (C=O) groups excluding carboxylic acids is 2. The summed E-state index contributed by atoms with van der Waals surface area (Å²) in [6, 6.07) is 6.15. The van der Waals surface area contributed by atoms with Gasteiger partial charge in [-0.3, -0.25) is 9.59 Å². The lowest BCUT2D eigenvalue weighted by Gasteiger charge is -2.50. The number of rotatable bonds is 9. The third-order valence-electron chi connectivity index (χ3n) is 9.05. The van der Waals surface area contributed by atoms with Gasteiger partial charge in [0.2, 0.25) is 5.91 Å². The van der Waals surface area contributed by atoms with Crippen LogP contribution in [0.1, 0.15) is 65.1 Å². The number of alkyl halides is 6. The summed E-state index contributed by atoms with van der Waals surface area (Å²) in [5.41, 5.74) is -2.43. The van der Waals surface area contributed by atoms with Crippen molar-refractivity contribution >= 4 is 11.7 Å². The van der Waals surface area contributed by atoms with E-state index in [0.717, 1.165) is 23.1 Å². The van der Waals surface area contributed by atoms with Crippen molar-refractivity contribution in [3.05, 3.63) is 70.5 Å². The molecule has 1 N–H and O–H groups in total. The van der Waals surface area contributed by atoms with Gasteiger partial charge in [-0.15, -0.1) is 0 Å². The van der Waals surface area contributed by atoms with Crippen LogP contribution in [0.15, 0.2) is 42.5 Å². The fraction of sp³-hybridized carbons (Fsp3) is 0.562. The molecule has 0 aromatic heterocycles. The minimum atomic E-state index is -4.71. The minimum Gasteiger partial charge on any atom is -0.330 e. The van der Waals surface area contributed by atoms with Gasteiger partial charge >= 0.3 is 12.4 Å². The number of nitrogens with zero attached hydrogens (tertiary/aromatic N) is 2. The first-order valence-corrected chi connectivity index (χ1v) is 14.8. The van der Waals surface area contributed by atoms with Gasteiger partial charge in [-0.05, 0) is 82.6 Å². The quantitative estimate of drug-likeness (QED) is 0.193. The van der Waals surface area contributed by atoms with E-state index in [1.54, 1.807) is 6.07 Å². The molecule has 44 heavy (non-hydrogen) atoms. The van der Waals surface area contributed by atoms with Crippen molar-refractivity contribution in [2.45, 2.75) is 63.3 Å². The Morgan fingerprint density at radius 2 is 1.75 bits per heavy atom. The Balaban J connectivity index is 1.89. The molecule has 1 amide bonds. The maximum absolute atomic E-state index is 15.1. The topological polar surface area (TPSA) is 52.7 Å². The van der Waals surface area contributed by atoms with Crippen LogP contribution in [0.5, 0.6) is 0 Å². The van der Waals surface area contributed by atoms with Gasteiger partial charge in [0.1, 0.15) is 11.9 Å². The Morgan fingerprint density at radius 3 is 2.41 bits per heavy atom. The highest BCUT2D eigenvalue weighted by atomic mass is 19.4. The second-order valence-corrected chi connectivity index (χ2v) is 12.2. The highest BCUT2D eigenvalue weighted by Gasteiger charge is 2.58. The van der Waals surface area contributed by atoms with Gasteiger partial charge in [0.15, 0.2) is 5.78 Å². The van der Waals surface area contributed by atoms with Crippen molar-refractivity contribution < 1.29 is 40.3 Å². The molecule has 0 bridgehead atoms. The molecule has 2 heterocycles. The molecular formula is C32H38F7N3O2. The van der Waals surface area contributed by atoms with Crippen molar-refractivity contribution in [1.29, 1.82) is 0 Å². The third kappa shape index (κ3) is 6.96. The summed E-state index contributed by atoms with van der Waals surface area (Å²) < 4.78 is 98.2. The van der Waals surface area contributed by atoms with Crippen molar-refractivity contribution in [2.75, 3.05) is 40.3 Å². The molecule has 2 aliphatic rings. The first-order chi connectivity index (χ1) is 20.6. The zero-order chi connectivity index (χ0) is 32.4. The van der Waals surface area contributed by atoms with Crippen LogP contribution in [0, 0.1) is 24.1 Å². The van der Waals surface area contributed by atoms with E-state index in [1.807, 2.05) is 19.0 Å². The molecule has 2 fully saturated rings. The van der Waals surface area contributed by atoms with E-state index in [4.69, 9.17) is 0 Å². The maximum atomic E-state index is 15.1. The molecule has 0 saturated carbocycles. The molecular weight excluding hydrogens is 591 g/mol. The smallest absolute Gasteiger partial charge is 0.330 e. The van der Waals surface area contributed by atoms with E-state index in [-0.39, 0.29) is 50.0 Å². The van der Waals surface area contributed by atoms with Gasteiger partial charge in [0.05, 0.1) is 11.0 Å². The first-order valence-electron chi connectivity index (χ1n) is 14.8. The zero-order valence-corrected chi connectivity index (χ0v) is 25.0. The van der Waals surface area contributed by atoms with Crippen molar-refractivity contribution in [3.8, 4) is 0 Å². The fourth-order valence-electron chi connectivity index (χ4n) is 6.91. The zero-order valence-electron chi connectivity index (χ0n) is 25.0. The molecule has 0 aliphatic carbocycles. The molecule has 4 rings (SSSR count). The summed E-state index contributed by atoms with van der Waals surface area (Å²) in [5, 5.41) is 3.09. The molecule has 242 valence electrons. The number of likely N-dealkylation sites (tertiary alicyclic amines) is 1. The molecule has 0 radical (unpaired) electrons. The lowest BCUT2D eigenvalue weighted by Crippen LogP contribution is -2.61. The van der Waals surface area contributed by atoms with E-state index in [9.17, 15) is 35.9 Å². The van der Waals surface area contributed by atoms with Crippen LogP contribution in [-0.2, 0) is 11.0 Å². The number of carbonyl (C=O) groups is 2. The van der Waals surface area contributed by atoms with E-state index in [1.165, 1.54) is 25.1 Å². The molecule has 2 saturated heterocycles. The molecule has 5 nitrogen and oxygen atoms in total. The van der Waals surface area contributed by atoms with E-state index in [2.05, 4.69) is 5.32 Å². The summed E-state index contributed by atoms with van der Waals surface area (Å²) in [6.45, 7) is 1.88. The Morgan fingerprint density at radius 1 is 1.05 bits per heavy atom. The second kappa shape index (κ2) is 13.2. The molecule has 2 aliphatic heterocycles. The molecule has 2 aromatic carbocycles. The predicted molar refractivity (Wildman–Crippen MR) is 152 cm³/mol. The molecule has 4 atom stereocenters. The van der Waals surface area contributed by atoms with E-state index in [0.29, 0.717) is 24.9 Å². The number of unbranched alkanes of at least 4 members (excludes halogenated alkanes) is 1. The SMILES string of the molecule is Cc1c(F)cccc1[C@H]1[C@@H](C(=O)c2cccc(C(F)(F)F)c2)CNC[C@@]1(CCCCN(C)C)C(=O)N1CCC[C@H]1C(F)(F)F. The second-order valence-electron chi connectivity index (χ2n) is 12.2. The van der Waals surface area contributed by atoms with Crippen LogP contribution >= 0.6 is 0 Å². The van der Waals surface area contributed by atoms with Crippen LogP contribution in [0.3, 0.4) is 0 Å². The molecule has 0 unspecified atom stereocenters. The van der Waals surface area contributed by atoms with Gasteiger partial charge < -0.3 is 15.1 Å². The maximum Gasteiger partial charge on any atom is 0.416 e. The van der Waals surface area contributed by atoms with Crippen LogP contribution in [0.4, 0.5) is 30.7 Å². The van der Waals surface area contributed by atoms with Crippen molar-refractivity contribution in [2.24, 2.45) is 11.3 Å². The molecule has 12 heteroatoms. The Hall–Kier alpha value is -2.99. The van der Waals surface area contributed by atoms with Crippen molar-refractivity contribution in [1.82, 2.24) is 15.1 Å². The monoisotopic (exact) mass is 629 g/mol. The van der Waals surface area contributed by atoms with Gasteiger partial charge in [0, 0.05) is 37.0 Å². The number of benzene rings is 2. The van der Waals surface area contributed by atoms with E-state index < -0.39 is 58.7 Å². The van der Waals surface area contributed by atoms with E-state index >= 15 is 4.39 Å². The van der Waals surface area contributed by atoms with Gasteiger partial charge in [-0.25, -0.2) is 4.39 Å². The third-order valence-corrected chi connectivity index (χ3v) is 9.05. The number of hydrogen-bond acceptors (Lipinski definition) is 4. The lowest BCUT2D eigenvalue weighted by molar-refractivity contribution is -0.189. The summed E-state index contributed by atoms with van der Waals surface area (Å²) in [5.74, 6) is -4.34. The number of halogens is 7. The number of nitrogens with one attached hydrogen (secondary N) is 1. The summed E-state index contributed by atoms with van der Waals surface area (Å²) in [7, 11) is 3.73. The standard InChI is InChI=1S/C32H38F7N3O2/c1-20-23(11-7-12-25(20)33)27-24(28(43)21-9-6-10-22(17-21)31(34,35)36)18-40-19-30(27,14-4-5-15-41(2)3)29(44)42-16-8-13-26(42)32(37,38)39/h6-7,9-12,17,24,26-27,40H,4-5,8,13-16,18-19H2,1-3H3/t24-,26-,27-,30+/m0/s1. The summed E-state index contributed by atoms with van der Waals surface area (Å²) >= 11 is 0. The fourth-order valence-corrected chi connectivity index (χ4v) is 6.91. The van der Waals surface area contributed by atoms with Crippen LogP contribution in [0.25, 0.3) is 0 Å². The Bertz CT molecular complexity index is 1340. The highest BCUT2D eigenvalue weighted by Crippen LogP contribution is 2.51. The normalized spacial score (nSPS) is 24.6. The number of ketones is 1. The Kier molecular flexibility index (Phi) is 10.1. The molecule has 0 spiro atoms. The largest absolute Gasteiger partial charge is 0.416 e. The average molecular weight is 630 g/mol. The lowest BCUT2D eigenvalue weighted by atomic mass is 9.59. The highest BCUT2D eigenvalue weighted by molar-refractivity contribution is 6.00. The minimum absolute atomic E-state index is 0.0505. The number of piperidine rings is 1. The van der Waals surface area contributed by atoms with Crippen LogP contribution < -0.4 is 5.32 Å². The molecule has 2 aromatic rings. The van der Waals surface area contributed by atoms with Crippen LogP contribution in [-0.4, -0.2) is 74.0 Å². The number of amides is 1. The first kappa shape index (κ1) is 33.9. The predicted octanol–water partition coefficient (Wildman–Crippen LogP) is 6.61. The Labute approximate surface area is 252 Å². The summed E-state index contributed by atoms with van der Waals surface area (Å²) in [6.07, 6.45) is -8.37. The van der Waals surface area contributed by atoms with Gasteiger partial charge in [0.25, 0.3) is 0 Å². The van der Waals surface area contributed by atoms with Crippen LogP contribution in [0.2, 0.25) is 0 Å². The van der Waals surface area contributed by atoms with Gasteiger partial charge in [-0.2, -0.15) is 26.3 Å².